The van der Waals surface area contributed by atoms with Gasteiger partial charge in [-0.25, -0.2) is 0 Å². The molecule has 0 saturated carbocycles. The number of hydrogen-bond acceptors (Lipinski definition) is 1. The Kier molecular flexibility index (Phi) is 5.16. The van der Waals surface area contributed by atoms with E-state index in [0.717, 1.165) is 11.1 Å². The lowest BCUT2D eigenvalue weighted by Crippen LogP contribution is -1.76. The summed E-state index contributed by atoms with van der Waals surface area (Å²) in [5.41, 5.74) is 4.43. The minimum atomic E-state index is 0.414. The summed E-state index contributed by atoms with van der Waals surface area (Å²) in [4.78, 5) is 0. The van der Waals surface area contributed by atoms with E-state index in [2.05, 4.69) is 48.5 Å². The van der Waals surface area contributed by atoms with Gasteiger partial charge in [0.25, 0.3) is 0 Å². The van der Waals surface area contributed by atoms with E-state index in [4.69, 9.17) is 0 Å². The van der Waals surface area contributed by atoms with Crippen molar-refractivity contribution in [1.29, 1.82) is 0 Å². The summed E-state index contributed by atoms with van der Waals surface area (Å²) in [5.74, 6) is 0.414. The molecule has 3 aromatic rings. The van der Waals surface area contributed by atoms with Crippen LogP contribution in [0.25, 0.3) is 11.1 Å². The first-order valence-electron chi connectivity index (χ1n) is 7.04. The first kappa shape index (κ1) is 14.9. The van der Waals surface area contributed by atoms with Crippen LogP contribution in [0.2, 0.25) is 0 Å². The number of phenolic OH excluding ortho intramolecular Hbond substituents is 1. The molecule has 0 spiro atoms. The van der Waals surface area contributed by atoms with Crippen LogP contribution in [0.15, 0.2) is 78.9 Å². The fourth-order valence-corrected chi connectivity index (χ4v) is 2.07. The second kappa shape index (κ2) is 7.30. The average molecular weight is 276 g/mol. The highest BCUT2D eigenvalue weighted by molar-refractivity contribution is 5.62. The Morgan fingerprint density at radius 3 is 1.24 bits per heavy atom. The number of hydrogen-bond donors (Lipinski definition) is 1. The third-order valence-electron chi connectivity index (χ3n) is 3.32. The molecule has 0 saturated heterocycles. The van der Waals surface area contributed by atoms with Crippen molar-refractivity contribution in [1.82, 2.24) is 0 Å². The van der Waals surface area contributed by atoms with Gasteiger partial charge >= 0.3 is 0 Å². The lowest BCUT2D eigenvalue weighted by atomic mass is 10.1. The van der Waals surface area contributed by atoms with E-state index in [1.165, 1.54) is 11.1 Å². The van der Waals surface area contributed by atoms with E-state index >= 15 is 0 Å². The maximum absolute atomic E-state index is 9.21. The van der Waals surface area contributed by atoms with E-state index in [-0.39, 0.29) is 0 Å². The molecule has 0 fully saturated rings. The van der Waals surface area contributed by atoms with Gasteiger partial charge in [0, 0.05) is 0 Å². The molecule has 0 bridgehead atoms. The zero-order valence-corrected chi connectivity index (χ0v) is 12.5. The normalized spacial score (nSPS) is 9.62. The molecule has 0 heterocycles. The van der Waals surface area contributed by atoms with E-state index in [0.29, 0.717) is 5.75 Å². The van der Waals surface area contributed by atoms with Crippen LogP contribution in [0.3, 0.4) is 0 Å². The molecule has 0 aliphatic carbocycles. The molecule has 3 rings (SSSR count). The summed E-state index contributed by atoms with van der Waals surface area (Å²) in [6.45, 7) is 3.78. The molecule has 0 amide bonds. The SMILES string of the molecule is Cc1cccc(C)c1O.c1ccc(-c2ccccc2)cc1. The molecule has 1 nitrogen and oxygen atoms in total. The van der Waals surface area contributed by atoms with Crippen LogP contribution in [-0.4, -0.2) is 5.11 Å². The van der Waals surface area contributed by atoms with Crippen molar-refractivity contribution in [2.45, 2.75) is 13.8 Å². The Hall–Kier alpha value is -2.54. The minimum Gasteiger partial charge on any atom is -0.507 e. The van der Waals surface area contributed by atoms with Gasteiger partial charge < -0.3 is 5.11 Å². The Bertz CT molecular complexity index is 615. The van der Waals surface area contributed by atoms with Crippen molar-refractivity contribution in [2.75, 3.05) is 0 Å². The molecule has 0 aliphatic heterocycles. The molecule has 0 radical (unpaired) electrons. The fraction of sp³-hybridized carbons (Fsp3) is 0.100. The Labute approximate surface area is 126 Å². The van der Waals surface area contributed by atoms with Crippen molar-refractivity contribution < 1.29 is 5.11 Å². The third-order valence-corrected chi connectivity index (χ3v) is 3.32. The summed E-state index contributed by atoms with van der Waals surface area (Å²) in [6.07, 6.45) is 0. The van der Waals surface area contributed by atoms with Gasteiger partial charge in [0.1, 0.15) is 5.75 Å². The summed E-state index contributed by atoms with van der Waals surface area (Å²) in [5, 5.41) is 9.21. The average Bonchev–Trinajstić information content (AvgIpc) is 2.55. The number of para-hydroxylation sites is 1. The molecular weight excluding hydrogens is 256 g/mol. The minimum absolute atomic E-state index is 0.414. The molecular formula is C20H20O. The van der Waals surface area contributed by atoms with Gasteiger partial charge in [-0.1, -0.05) is 78.9 Å². The van der Waals surface area contributed by atoms with Crippen LogP contribution in [0, 0.1) is 13.8 Å². The quantitative estimate of drug-likeness (QED) is 0.634. The van der Waals surface area contributed by atoms with Crippen LogP contribution in [0.5, 0.6) is 5.75 Å². The van der Waals surface area contributed by atoms with Gasteiger partial charge in [0.2, 0.25) is 0 Å². The van der Waals surface area contributed by atoms with E-state index in [9.17, 15) is 5.11 Å². The van der Waals surface area contributed by atoms with E-state index < -0.39 is 0 Å². The number of benzene rings is 3. The molecule has 1 heteroatoms. The molecule has 21 heavy (non-hydrogen) atoms. The highest BCUT2D eigenvalue weighted by atomic mass is 16.3. The number of rotatable bonds is 1. The fourth-order valence-electron chi connectivity index (χ4n) is 2.07. The first-order chi connectivity index (χ1) is 10.2. The van der Waals surface area contributed by atoms with Gasteiger partial charge in [0.15, 0.2) is 0 Å². The van der Waals surface area contributed by atoms with Crippen LogP contribution in [0.1, 0.15) is 11.1 Å². The largest absolute Gasteiger partial charge is 0.507 e. The highest BCUT2D eigenvalue weighted by Gasteiger charge is 1.95. The predicted molar refractivity (Wildman–Crippen MR) is 89.5 cm³/mol. The smallest absolute Gasteiger partial charge is 0.121 e. The van der Waals surface area contributed by atoms with Gasteiger partial charge in [-0.3, -0.25) is 0 Å². The van der Waals surface area contributed by atoms with Crippen molar-refractivity contribution in [3.05, 3.63) is 90.0 Å². The molecule has 0 aromatic heterocycles. The predicted octanol–water partition coefficient (Wildman–Crippen LogP) is 5.36. The number of aromatic hydroxyl groups is 1. The molecule has 3 aromatic carbocycles. The molecule has 0 unspecified atom stereocenters. The summed E-state index contributed by atoms with van der Waals surface area (Å²) < 4.78 is 0. The molecule has 1 N–H and O–H groups in total. The second-order valence-electron chi connectivity index (χ2n) is 4.97. The Morgan fingerprint density at radius 1 is 0.524 bits per heavy atom. The maximum atomic E-state index is 9.21. The third kappa shape index (κ3) is 4.22. The Balaban J connectivity index is 0.000000161. The van der Waals surface area contributed by atoms with Gasteiger partial charge in [0.05, 0.1) is 0 Å². The maximum Gasteiger partial charge on any atom is 0.121 e. The summed E-state index contributed by atoms with van der Waals surface area (Å²) in [7, 11) is 0. The van der Waals surface area contributed by atoms with Crippen LogP contribution < -0.4 is 0 Å². The van der Waals surface area contributed by atoms with Gasteiger partial charge in [-0.2, -0.15) is 0 Å². The van der Waals surface area contributed by atoms with Crippen molar-refractivity contribution >= 4 is 0 Å². The second-order valence-corrected chi connectivity index (χ2v) is 4.97. The zero-order chi connectivity index (χ0) is 15.1. The van der Waals surface area contributed by atoms with Crippen molar-refractivity contribution in [3.8, 4) is 16.9 Å². The van der Waals surface area contributed by atoms with E-state index in [1.54, 1.807) is 0 Å². The standard InChI is InChI=1S/C12H10.C8H10O/c1-3-7-11(8-4-1)12-9-5-2-6-10-12;1-6-4-3-5-7(2)8(6)9/h1-10H;3-5,9H,1-2H3. The zero-order valence-electron chi connectivity index (χ0n) is 12.5. The lowest BCUT2D eigenvalue weighted by molar-refractivity contribution is 0.467. The molecule has 0 aliphatic rings. The monoisotopic (exact) mass is 276 g/mol. The van der Waals surface area contributed by atoms with Crippen molar-refractivity contribution in [3.63, 3.8) is 0 Å². The number of phenols is 1. The van der Waals surface area contributed by atoms with Gasteiger partial charge in [-0.05, 0) is 36.1 Å². The highest BCUT2D eigenvalue weighted by Crippen LogP contribution is 2.19. The van der Waals surface area contributed by atoms with Crippen LogP contribution in [0.4, 0.5) is 0 Å². The van der Waals surface area contributed by atoms with Crippen molar-refractivity contribution in [2.24, 2.45) is 0 Å². The van der Waals surface area contributed by atoms with Gasteiger partial charge in [-0.15, -0.1) is 0 Å². The van der Waals surface area contributed by atoms with E-state index in [1.807, 2.05) is 44.2 Å². The summed E-state index contributed by atoms with van der Waals surface area (Å²) in [6, 6.07) is 26.5. The molecule has 106 valence electrons. The number of aryl methyl sites for hydroxylation is 2. The lowest BCUT2D eigenvalue weighted by Gasteiger charge is -1.99. The topological polar surface area (TPSA) is 20.2 Å². The Morgan fingerprint density at radius 2 is 0.905 bits per heavy atom. The first-order valence-corrected chi connectivity index (χ1v) is 7.04. The summed E-state index contributed by atoms with van der Waals surface area (Å²) >= 11 is 0. The van der Waals surface area contributed by atoms with Crippen LogP contribution in [-0.2, 0) is 0 Å². The molecule has 0 atom stereocenters. The van der Waals surface area contributed by atoms with Crippen LogP contribution >= 0.6 is 0 Å².